The number of nitrogens with one attached hydrogen (secondary N) is 1. The van der Waals surface area contributed by atoms with Gasteiger partial charge in [0.1, 0.15) is 0 Å². The molecule has 0 aliphatic heterocycles. The average Bonchev–Trinajstić information content (AvgIpc) is 2.87. The van der Waals surface area contributed by atoms with E-state index >= 15 is 0 Å². The smallest absolute Gasteiger partial charge is 0.227 e. The second-order valence-corrected chi connectivity index (χ2v) is 6.29. The van der Waals surface area contributed by atoms with Gasteiger partial charge in [0, 0.05) is 19.1 Å². The Bertz CT molecular complexity index is 392. The third-order valence-corrected chi connectivity index (χ3v) is 4.78. The molecule has 18 heavy (non-hydrogen) atoms. The van der Waals surface area contributed by atoms with Crippen LogP contribution in [-0.4, -0.2) is 29.8 Å². The largest absolute Gasteiger partial charge is 0.492 e. The lowest BCUT2D eigenvalue weighted by Crippen LogP contribution is -2.26. The van der Waals surface area contributed by atoms with Gasteiger partial charge in [-0.1, -0.05) is 31.6 Å². The van der Waals surface area contributed by atoms with Gasteiger partial charge in [0.25, 0.3) is 0 Å². The molecule has 102 valence electrons. The van der Waals surface area contributed by atoms with Gasteiger partial charge in [-0.25, -0.2) is 0 Å². The normalized spacial score (nSPS) is 23.8. The van der Waals surface area contributed by atoms with Gasteiger partial charge in [-0.15, -0.1) is 0 Å². The number of thiazole rings is 1. The van der Waals surface area contributed by atoms with Crippen LogP contribution in [0.2, 0.25) is 0 Å². The Hall–Kier alpha value is -0.810. The van der Waals surface area contributed by atoms with E-state index in [1.807, 2.05) is 0 Å². The fourth-order valence-corrected chi connectivity index (χ4v) is 3.48. The van der Waals surface area contributed by atoms with Gasteiger partial charge in [-0.2, -0.15) is 4.98 Å². The molecule has 2 N–H and O–H groups in total. The predicted molar refractivity (Wildman–Crippen MR) is 74.5 cm³/mol. The minimum absolute atomic E-state index is 0.179. The van der Waals surface area contributed by atoms with Crippen molar-refractivity contribution in [3.63, 3.8) is 0 Å². The Balaban J connectivity index is 2.02. The van der Waals surface area contributed by atoms with Crippen LogP contribution in [0.1, 0.15) is 43.9 Å². The molecule has 4 nitrogen and oxygen atoms in total. The number of aromatic nitrogens is 1. The van der Waals surface area contributed by atoms with Crippen molar-refractivity contribution in [1.82, 2.24) is 4.98 Å². The van der Waals surface area contributed by atoms with Crippen LogP contribution >= 0.6 is 11.3 Å². The van der Waals surface area contributed by atoms with Crippen LogP contribution in [0.25, 0.3) is 0 Å². The summed E-state index contributed by atoms with van der Waals surface area (Å²) in [6.07, 6.45) is 3.60. The van der Waals surface area contributed by atoms with E-state index in [0.717, 1.165) is 23.0 Å². The van der Waals surface area contributed by atoms with Gasteiger partial charge in [0.2, 0.25) is 5.88 Å². The molecule has 0 amide bonds. The maximum Gasteiger partial charge on any atom is 0.227 e. The lowest BCUT2D eigenvalue weighted by molar-refractivity contribution is 0.150. The second kappa shape index (κ2) is 5.89. The number of nitrogens with zero attached hydrogens (tertiary/aromatic N) is 1. The molecule has 0 aromatic carbocycles. The highest BCUT2D eigenvalue weighted by atomic mass is 32.1. The average molecular weight is 270 g/mol. The molecule has 1 aromatic heterocycles. The molecule has 1 aliphatic carbocycles. The molecule has 1 unspecified atom stereocenters. The number of ether oxygens (including phenoxy) is 1. The summed E-state index contributed by atoms with van der Waals surface area (Å²) in [4.78, 5) is 5.17. The minimum Gasteiger partial charge on any atom is -0.492 e. The highest BCUT2D eigenvalue weighted by Crippen LogP contribution is 2.36. The van der Waals surface area contributed by atoms with Crippen molar-refractivity contribution in [3.8, 4) is 5.88 Å². The van der Waals surface area contributed by atoms with Crippen molar-refractivity contribution in [3.05, 3.63) is 4.88 Å². The molecule has 0 spiro atoms. The second-order valence-electron chi connectivity index (χ2n) is 5.26. The Morgan fingerprint density at radius 3 is 2.89 bits per heavy atom. The highest BCUT2D eigenvalue weighted by Gasteiger charge is 2.28. The van der Waals surface area contributed by atoms with E-state index in [9.17, 15) is 5.11 Å². The van der Waals surface area contributed by atoms with Crippen LogP contribution in [0.5, 0.6) is 5.88 Å². The van der Waals surface area contributed by atoms with Gasteiger partial charge in [0.15, 0.2) is 5.13 Å². The molecule has 1 aliphatic rings. The first kappa shape index (κ1) is 13.6. The lowest BCUT2D eigenvalue weighted by atomic mass is 10.1. The lowest BCUT2D eigenvalue weighted by Gasteiger charge is -2.19. The number of aromatic hydroxyl groups is 1. The SMILES string of the molecule is COC[C@H]1CCCC1Nc1nc(O)c(C(C)C)s1. The Morgan fingerprint density at radius 2 is 2.28 bits per heavy atom. The van der Waals surface area contributed by atoms with Crippen LogP contribution in [0.15, 0.2) is 0 Å². The number of rotatable bonds is 5. The molecule has 0 radical (unpaired) electrons. The monoisotopic (exact) mass is 270 g/mol. The van der Waals surface area contributed by atoms with Crippen LogP contribution < -0.4 is 5.32 Å². The summed E-state index contributed by atoms with van der Waals surface area (Å²) >= 11 is 1.56. The number of methoxy groups -OCH3 is 1. The first-order chi connectivity index (χ1) is 8.61. The molecule has 1 heterocycles. The van der Waals surface area contributed by atoms with E-state index in [2.05, 4.69) is 24.1 Å². The van der Waals surface area contributed by atoms with E-state index in [-0.39, 0.29) is 5.88 Å². The zero-order chi connectivity index (χ0) is 13.1. The van der Waals surface area contributed by atoms with Crippen LogP contribution in [0.3, 0.4) is 0 Å². The van der Waals surface area contributed by atoms with Gasteiger partial charge in [-0.05, 0) is 18.8 Å². The third-order valence-electron chi connectivity index (χ3n) is 3.51. The molecule has 2 atom stereocenters. The molecule has 0 bridgehead atoms. The van der Waals surface area contributed by atoms with Crippen LogP contribution in [0.4, 0.5) is 5.13 Å². The number of hydrogen-bond acceptors (Lipinski definition) is 5. The molecule has 0 saturated heterocycles. The molecular formula is C13H22N2O2S. The van der Waals surface area contributed by atoms with Gasteiger partial charge >= 0.3 is 0 Å². The van der Waals surface area contributed by atoms with Crippen LogP contribution in [-0.2, 0) is 4.74 Å². The van der Waals surface area contributed by atoms with Gasteiger partial charge in [0.05, 0.1) is 11.5 Å². The zero-order valence-corrected chi connectivity index (χ0v) is 12.1. The first-order valence-electron chi connectivity index (χ1n) is 6.57. The summed E-state index contributed by atoms with van der Waals surface area (Å²) in [7, 11) is 1.75. The Morgan fingerprint density at radius 1 is 1.50 bits per heavy atom. The minimum atomic E-state index is 0.179. The summed E-state index contributed by atoms with van der Waals surface area (Å²) in [5.74, 6) is 1.05. The van der Waals surface area contributed by atoms with Gasteiger partial charge < -0.3 is 15.2 Å². The van der Waals surface area contributed by atoms with Crippen molar-refractivity contribution in [2.24, 2.45) is 5.92 Å². The molecule has 5 heteroatoms. The van der Waals surface area contributed by atoms with Crippen molar-refractivity contribution in [2.75, 3.05) is 19.0 Å². The summed E-state index contributed by atoms with van der Waals surface area (Å²) in [6, 6.07) is 0.426. The van der Waals surface area contributed by atoms with E-state index in [4.69, 9.17) is 4.74 Å². The number of hydrogen-bond donors (Lipinski definition) is 2. The maximum absolute atomic E-state index is 9.78. The maximum atomic E-state index is 9.78. The first-order valence-corrected chi connectivity index (χ1v) is 7.38. The standard InChI is InChI=1S/C13H22N2O2S/c1-8(2)11-12(16)15-13(18-11)14-10-6-4-5-9(10)7-17-3/h8-10,16H,4-7H2,1-3H3,(H,14,15)/t9-,10?/m1/s1. The summed E-state index contributed by atoms with van der Waals surface area (Å²) in [5, 5.41) is 14.1. The summed E-state index contributed by atoms with van der Waals surface area (Å²) < 4.78 is 5.25. The van der Waals surface area contributed by atoms with Crippen LogP contribution in [0, 0.1) is 5.92 Å². The molecule has 1 aromatic rings. The highest BCUT2D eigenvalue weighted by molar-refractivity contribution is 7.16. The van der Waals surface area contributed by atoms with E-state index < -0.39 is 0 Å². The fourth-order valence-electron chi connectivity index (χ4n) is 2.56. The zero-order valence-electron chi connectivity index (χ0n) is 11.3. The fraction of sp³-hybridized carbons (Fsp3) is 0.769. The van der Waals surface area contributed by atoms with Crippen molar-refractivity contribution in [2.45, 2.75) is 45.1 Å². The summed E-state index contributed by atoms with van der Waals surface area (Å²) in [6.45, 7) is 4.94. The van der Waals surface area contributed by atoms with Crippen molar-refractivity contribution >= 4 is 16.5 Å². The molecular weight excluding hydrogens is 248 g/mol. The Kier molecular flexibility index (Phi) is 4.45. The van der Waals surface area contributed by atoms with E-state index in [1.165, 1.54) is 12.8 Å². The molecule has 1 fully saturated rings. The third kappa shape index (κ3) is 2.95. The van der Waals surface area contributed by atoms with Crippen molar-refractivity contribution in [1.29, 1.82) is 0 Å². The number of anilines is 1. The topological polar surface area (TPSA) is 54.4 Å². The van der Waals surface area contributed by atoms with Gasteiger partial charge in [-0.3, -0.25) is 0 Å². The molecule has 2 rings (SSSR count). The van der Waals surface area contributed by atoms with E-state index in [1.54, 1.807) is 18.4 Å². The molecule has 1 saturated carbocycles. The quantitative estimate of drug-likeness (QED) is 0.862. The summed E-state index contributed by atoms with van der Waals surface area (Å²) in [5.41, 5.74) is 0. The van der Waals surface area contributed by atoms with E-state index in [0.29, 0.717) is 17.9 Å². The predicted octanol–water partition coefficient (Wildman–Crippen LogP) is 3.20. The van der Waals surface area contributed by atoms with Crippen molar-refractivity contribution < 1.29 is 9.84 Å². The Labute approximate surface area is 112 Å².